The highest BCUT2D eigenvalue weighted by molar-refractivity contribution is 5.98. The van der Waals surface area contributed by atoms with Crippen LogP contribution in [0.1, 0.15) is 21.5 Å². The molecule has 0 aromatic heterocycles. The summed E-state index contributed by atoms with van der Waals surface area (Å²) in [5.41, 5.74) is 2.08. The van der Waals surface area contributed by atoms with Crippen LogP contribution in [0.4, 0.5) is 4.39 Å². The molecule has 0 fully saturated rings. The van der Waals surface area contributed by atoms with Crippen LogP contribution in [0.5, 0.6) is 5.75 Å². The van der Waals surface area contributed by atoms with Crippen LogP contribution >= 0.6 is 0 Å². The Kier molecular flexibility index (Phi) is 3.95. The second-order valence-electron chi connectivity index (χ2n) is 4.44. The molecule has 2 nitrogen and oxygen atoms in total. The molecule has 2 aromatic carbocycles. The molecule has 0 bridgehead atoms. The summed E-state index contributed by atoms with van der Waals surface area (Å²) in [6.07, 6.45) is 0. The molecule has 0 aliphatic heterocycles. The van der Waals surface area contributed by atoms with E-state index in [0.717, 1.165) is 5.56 Å². The molecule has 3 heteroatoms. The lowest BCUT2D eigenvalue weighted by Crippen LogP contribution is -2.12. The summed E-state index contributed by atoms with van der Waals surface area (Å²) < 4.78 is 18.5. The molecule has 0 N–H and O–H groups in total. The molecule has 0 saturated heterocycles. The Morgan fingerprint density at radius 2 is 1.84 bits per heavy atom. The number of aryl methyl sites for hydroxylation is 2. The topological polar surface area (TPSA) is 26.3 Å². The summed E-state index contributed by atoms with van der Waals surface area (Å²) in [5, 5.41) is 0. The Morgan fingerprint density at radius 3 is 2.53 bits per heavy atom. The van der Waals surface area contributed by atoms with Crippen molar-refractivity contribution in [1.82, 2.24) is 0 Å². The fourth-order valence-electron chi connectivity index (χ4n) is 1.82. The number of hydrogen-bond donors (Lipinski definition) is 0. The number of hydrogen-bond acceptors (Lipinski definition) is 2. The van der Waals surface area contributed by atoms with Gasteiger partial charge in [0.2, 0.25) is 0 Å². The van der Waals surface area contributed by atoms with Gasteiger partial charge in [0.25, 0.3) is 0 Å². The molecule has 0 aliphatic rings. The van der Waals surface area contributed by atoms with E-state index < -0.39 is 0 Å². The number of carbonyl (C=O) groups excluding carboxylic acids is 1. The van der Waals surface area contributed by atoms with Crippen LogP contribution in [0.3, 0.4) is 0 Å². The maximum atomic E-state index is 13.1. The predicted molar refractivity (Wildman–Crippen MR) is 72.1 cm³/mol. The van der Waals surface area contributed by atoms with E-state index in [1.807, 2.05) is 25.1 Å². The molecule has 0 heterocycles. The van der Waals surface area contributed by atoms with Crippen molar-refractivity contribution in [2.24, 2.45) is 0 Å². The van der Waals surface area contributed by atoms with Crippen LogP contribution in [0.15, 0.2) is 42.5 Å². The van der Waals surface area contributed by atoms with Crippen molar-refractivity contribution in [3.63, 3.8) is 0 Å². The molecule has 0 radical (unpaired) electrons. The van der Waals surface area contributed by atoms with Crippen LogP contribution in [0.25, 0.3) is 0 Å². The van der Waals surface area contributed by atoms with E-state index in [-0.39, 0.29) is 18.2 Å². The van der Waals surface area contributed by atoms with E-state index in [4.69, 9.17) is 4.74 Å². The highest BCUT2D eigenvalue weighted by Gasteiger charge is 2.09. The summed E-state index contributed by atoms with van der Waals surface area (Å²) in [5.74, 6) is 0.137. The second kappa shape index (κ2) is 5.65. The minimum atomic E-state index is -0.280. The molecular formula is C16H15FO2. The first-order valence-corrected chi connectivity index (χ1v) is 6.05. The van der Waals surface area contributed by atoms with Crippen molar-refractivity contribution >= 4 is 5.78 Å². The molecule has 0 amide bonds. The summed E-state index contributed by atoms with van der Waals surface area (Å²) in [6, 6.07) is 11.8. The van der Waals surface area contributed by atoms with Gasteiger partial charge in [0.15, 0.2) is 12.4 Å². The normalized spacial score (nSPS) is 10.3. The molecule has 0 saturated carbocycles. The molecule has 19 heavy (non-hydrogen) atoms. The van der Waals surface area contributed by atoms with Gasteiger partial charge in [-0.2, -0.15) is 0 Å². The van der Waals surface area contributed by atoms with Gasteiger partial charge in [0, 0.05) is 5.56 Å². The number of rotatable bonds is 4. The van der Waals surface area contributed by atoms with E-state index in [1.165, 1.54) is 12.1 Å². The number of benzene rings is 2. The zero-order chi connectivity index (χ0) is 13.8. The molecule has 0 spiro atoms. The third-order valence-corrected chi connectivity index (χ3v) is 2.94. The van der Waals surface area contributed by atoms with Crippen molar-refractivity contribution in [1.29, 1.82) is 0 Å². The quantitative estimate of drug-likeness (QED) is 0.781. The standard InChI is InChI=1S/C16H15FO2/c1-11-5-3-4-6-14(11)16(18)10-19-13-7-8-15(17)12(2)9-13/h3-9H,10H2,1-2H3. The van der Waals surface area contributed by atoms with E-state index in [2.05, 4.69) is 0 Å². The van der Waals surface area contributed by atoms with E-state index in [1.54, 1.807) is 19.1 Å². The van der Waals surface area contributed by atoms with Crippen molar-refractivity contribution in [3.8, 4) is 5.75 Å². The largest absolute Gasteiger partial charge is 0.485 e. The third kappa shape index (κ3) is 3.19. The van der Waals surface area contributed by atoms with E-state index in [9.17, 15) is 9.18 Å². The Balaban J connectivity index is 2.04. The lowest BCUT2D eigenvalue weighted by atomic mass is 10.1. The van der Waals surface area contributed by atoms with Gasteiger partial charge in [0.05, 0.1) is 0 Å². The van der Waals surface area contributed by atoms with Crippen LogP contribution < -0.4 is 4.74 Å². The van der Waals surface area contributed by atoms with Crippen molar-refractivity contribution in [3.05, 3.63) is 65.0 Å². The number of Topliss-reactive ketones (excluding diaryl/α,β-unsaturated/α-hetero) is 1. The average molecular weight is 258 g/mol. The first kappa shape index (κ1) is 13.3. The maximum Gasteiger partial charge on any atom is 0.200 e. The lowest BCUT2D eigenvalue weighted by molar-refractivity contribution is 0.0921. The predicted octanol–water partition coefficient (Wildman–Crippen LogP) is 3.70. The summed E-state index contributed by atoms with van der Waals surface area (Å²) >= 11 is 0. The zero-order valence-electron chi connectivity index (χ0n) is 10.9. The molecule has 0 unspecified atom stereocenters. The molecule has 2 aromatic rings. The van der Waals surface area contributed by atoms with Crippen molar-refractivity contribution in [2.45, 2.75) is 13.8 Å². The van der Waals surface area contributed by atoms with Crippen molar-refractivity contribution < 1.29 is 13.9 Å². The number of ether oxygens (including phenoxy) is 1. The molecule has 0 aliphatic carbocycles. The van der Waals surface area contributed by atoms with Gasteiger partial charge in [-0.25, -0.2) is 4.39 Å². The van der Waals surface area contributed by atoms with Gasteiger partial charge in [-0.15, -0.1) is 0 Å². The molecule has 0 atom stereocenters. The van der Waals surface area contributed by atoms with Gasteiger partial charge in [-0.3, -0.25) is 4.79 Å². The first-order valence-electron chi connectivity index (χ1n) is 6.05. The molecular weight excluding hydrogens is 243 g/mol. The van der Waals surface area contributed by atoms with Gasteiger partial charge in [0.1, 0.15) is 11.6 Å². The average Bonchev–Trinajstić information content (AvgIpc) is 2.40. The Labute approximate surface area is 111 Å². The second-order valence-corrected chi connectivity index (χ2v) is 4.44. The monoisotopic (exact) mass is 258 g/mol. The molecule has 2 rings (SSSR count). The van der Waals surface area contributed by atoms with Gasteiger partial charge >= 0.3 is 0 Å². The summed E-state index contributed by atoms with van der Waals surface area (Å²) in [7, 11) is 0. The van der Waals surface area contributed by atoms with E-state index in [0.29, 0.717) is 16.9 Å². The maximum absolute atomic E-state index is 13.1. The minimum Gasteiger partial charge on any atom is -0.485 e. The fourth-order valence-corrected chi connectivity index (χ4v) is 1.82. The number of halogens is 1. The Hall–Kier alpha value is -2.16. The first-order chi connectivity index (χ1) is 9.08. The zero-order valence-corrected chi connectivity index (χ0v) is 10.9. The number of carbonyl (C=O) groups is 1. The Morgan fingerprint density at radius 1 is 1.11 bits per heavy atom. The summed E-state index contributed by atoms with van der Waals surface area (Å²) in [6.45, 7) is 3.50. The lowest BCUT2D eigenvalue weighted by Gasteiger charge is -2.08. The molecule has 98 valence electrons. The summed E-state index contributed by atoms with van der Waals surface area (Å²) in [4.78, 5) is 12.0. The smallest absolute Gasteiger partial charge is 0.200 e. The van der Waals surface area contributed by atoms with E-state index >= 15 is 0 Å². The van der Waals surface area contributed by atoms with Gasteiger partial charge in [-0.1, -0.05) is 24.3 Å². The Bertz CT molecular complexity index is 605. The minimum absolute atomic E-state index is 0.0457. The van der Waals surface area contributed by atoms with Gasteiger partial charge in [-0.05, 0) is 43.2 Å². The highest BCUT2D eigenvalue weighted by atomic mass is 19.1. The third-order valence-electron chi connectivity index (χ3n) is 2.94. The number of ketones is 1. The fraction of sp³-hybridized carbons (Fsp3) is 0.188. The van der Waals surface area contributed by atoms with Crippen LogP contribution in [0, 0.1) is 19.7 Å². The highest BCUT2D eigenvalue weighted by Crippen LogP contribution is 2.16. The van der Waals surface area contributed by atoms with Crippen LogP contribution in [0.2, 0.25) is 0 Å². The van der Waals surface area contributed by atoms with Crippen LogP contribution in [-0.4, -0.2) is 12.4 Å². The van der Waals surface area contributed by atoms with Crippen LogP contribution in [-0.2, 0) is 0 Å². The SMILES string of the molecule is Cc1cc(OCC(=O)c2ccccc2C)ccc1F. The van der Waals surface area contributed by atoms with Crippen molar-refractivity contribution in [2.75, 3.05) is 6.61 Å². The van der Waals surface area contributed by atoms with Gasteiger partial charge < -0.3 is 4.74 Å².